The fourth-order valence-corrected chi connectivity index (χ4v) is 2.72. The van der Waals surface area contributed by atoms with Crippen molar-refractivity contribution in [2.24, 2.45) is 0 Å². The monoisotopic (exact) mass is 266 g/mol. The van der Waals surface area contributed by atoms with Crippen molar-refractivity contribution >= 4 is 17.3 Å². The Bertz CT molecular complexity index is 609. The highest BCUT2D eigenvalue weighted by atomic mass is 16.2. The van der Waals surface area contributed by atoms with Crippen molar-refractivity contribution in [2.45, 2.75) is 13.5 Å². The summed E-state index contributed by atoms with van der Waals surface area (Å²) in [5.41, 5.74) is 3.44. The number of fused-ring (bicyclic) bond motifs is 1. The summed E-state index contributed by atoms with van der Waals surface area (Å²) in [7, 11) is 0. The van der Waals surface area contributed by atoms with Crippen LogP contribution in [0.1, 0.15) is 12.5 Å². The van der Waals surface area contributed by atoms with Gasteiger partial charge in [-0.25, -0.2) is 0 Å². The Hall–Kier alpha value is -2.29. The number of rotatable bonds is 2. The maximum Gasteiger partial charge on any atom is 0.223 e. The number of hydrogen-bond acceptors (Lipinski definition) is 2. The molecule has 1 heterocycles. The summed E-state index contributed by atoms with van der Waals surface area (Å²) in [5.74, 6) is 0.108. The smallest absolute Gasteiger partial charge is 0.223 e. The van der Waals surface area contributed by atoms with E-state index in [4.69, 9.17) is 0 Å². The van der Waals surface area contributed by atoms with E-state index in [1.165, 1.54) is 5.56 Å². The first-order valence-electron chi connectivity index (χ1n) is 6.92. The standard InChI is InChI=1S/C17H18N2O/c1-14(20)19-12-11-18(13-15-7-3-2-4-8-15)16-9-5-6-10-17(16)19/h2-10H,11-13H2,1H3. The van der Waals surface area contributed by atoms with Crippen LogP contribution in [-0.2, 0) is 11.3 Å². The highest BCUT2D eigenvalue weighted by molar-refractivity contribution is 5.96. The Kier molecular flexibility index (Phi) is 3.42. The number of carbonyl (C=O) groups is 1. The maximum absolute atomic E-state index is 11.7. The van der Waals surface area contributed by atoms with Crippen LogP contribution in [-0.4, -0.2) is 19.0 Å². The van der Waals surface area contributed by atoms with E-state index in [2.05, 4.69) is 35.2 Å². The molecule has 0 saturated carbocycles. The number of benzene rings is 2. The topological polar surface area (TPSA) is 23.6 Å². The van der Waals surface area contributed by atoms with Gasteiger partial charge >= 0.3 is 0 Å². The van der Waals surface area contributed by atoms with Gasteiger partial charge in [0.25, 0.3) is 0 Å². The van der Waals surface area contributed by atoms with E-state index in [-0.39, 0.29) is 5.91 Å². The molecular weight excluding hydrogens is 248 g/mol. The van der Waals surface area contributed by atoms with Gasteiger partial charge in [0.05, 0.1) is 11.4 Å². The minimum absolute atomic E-state index is 0.108. The predicted octanol–water partition coefficient (Wildman–Crippen LogP) is 3.06. The second kappa shape index (κ2) is 5.37. The Morgan fingerprint density at radius 1 is 0.950 bits per heavy atom. The Morgan fingerprint density at radius 3 is 2.30 bits per heavy atom. The molecule has 1 aliphatic heterocycles. The van der Waals surface area contributed by atoms with Crippen molar-refractivity contribution in [3.8, 4) is 0 Å². The average Bonchev–Trinajstić information content (AvgIpc) is 2.48. The maximum atomic E-state index is 11.7. The number of hydrogen-bond donors (Lipinski definition) is 0. The van der Waals surface area contributed by atoms with Gasteiger partial charge < -0.3 is 9.80 Å². The number of nitrogens with zero attached hydrogens (tertiary/aromatic N) is 2. The van der Waals surface area contributed by atoms with E-state index < -0.39 is 0 Å². The lowest BCUT2D eigenvalue weighted by atomic mass is 10.1. The molecule has 0 fully saturated rings. The van der Waals surface area contributed by atoms with Crippen LogP contribution in [0.5, 0.6) is 0 Å². The van der Waals surface area contributed by atoms with Crippen LogP contribution in [0.4, 0.5) is 11.4 Å². The van der Waals surface area contributed by atoms with E-state index in [0.717, 1.165) is 31.0 Å². The summed E-state index contributed by atoms with van der Waals surface area (Å²) in [6, 6.07) is 18.6. The summed E-state index contributed by atoms with van der Waals surface area (Å²) in [6.07, 6.45) is 0. The van der Waals surface area contributed by atoms with Gasteiger partial charge in [0.15, 0.2) is 0 Å². The van der Waals surface area contributed by atoms with Gasteiger partial charge in [-0.3, -0.25) is 4.79 Å². The highest BCUT2D eigenvalue weighted by Gasteiger charge is 2.24. The largest absolute Gasteiger partial charge is 0.364 e. The van der Waals surface area contributed by atoms with E-state index in [9.17, 15) is 4.79 Å². The van der Waals surface area contributed by atoms with E-state index >= 15 is 0 Å². The molecule has 1 amide bonds. The number of para-hydroxylation sites is 2. The van der Waals surface area contributed by atoms with Gasteiger partial charge in [-0.15, -0.1) is 0 Å². The zero-order valence-corrected chi connectivity index (χ0v) is 11.6. The van der Waals surface area contributed by atoms with Crippen molar-refractivity contribution in [1.82, 2.24) is 0 Å². The summed E-state index contributed by atoms with van der Waals surface area (Å²) in [6.45, 7) is 4.12. The molecule has 0 N–H and O–H groups in total. The molecule has 0 aromatic heterocycles. The zero-order chi connectivity index (χ0) is 13.9. The van der Waals surface area contributed by atoms with Gasteiger partial charge in [0, 0.05) is 26.6 Å². The predicted molar refractivity (Wildman–Crippen MR) is 82.0 cm³/mol. The molecule has 1 aliphatic rings. The zero-order valence-electron chi connectivity index (χ0n) is 11.6. The molecule has 3 rings (SSSR count). The molecule has 0 bridgehead atoms. The molecule has 102 valence electrons. The SMILES string of the molecule is CC(=O)N1CCN(Cc2ccccc2)c2ccccc21. The van der Waals surface area contributed by atoms with Crippen molar-refractivity contribution in [2.75, 3.05) is 22.9 Å². The second-order valence-electron chi connectivity index (χ2n) is 5.07. The minimum atomic E-state index is 0.108. The molecule has 0 spiro atoms. The Labute approximate surface area is 119 Å². The molecule has 2 aromatic carbocycles. The van der Waals surface area contributed by atoms with Crippen LogP contribution >= 0.6 is 0 Å². The van der Waals surface area contributed by atoms with E-state index in [1.54, 1.807) is 6.92 Å². The summed E-state index contributed by atoms with van der Waals surface area (Å²) in [5, 5.41) is 0. The molecule has 20 heavy (non-hydrogen) atoms. The summed E-state index contributed by atoms with van der Waals surface area (Å²) < 4.78 is 0. The van der Waals surface area contributed by atoms with Gasteiger partial charge in [-0.05, 0) is 17.7 Å². The lowest BCUT2D eigenvalue weighted by Crippen LogP contribution is -2.42. The number of anilines is 2. The third kappa shape index (κ3) is 2.39. The van der Waals surface area contributed by atoms with E-state index in [1.807, 2.05) is 29.2 Å². The van der Waals surface area contributed by atoms with Gasteiger partial charge in [-0.2, -0.15) is 0 Å². The highest BCUT2D eigenvalue weighted by Crippen LogP contribution is 2.33. The Morgan fingerprint density at radius 2 is 1.60 bits per heavy atom. The second-order valence-corrected chi connectivity index (χ2v) is 5.07. The van der Waals surface area contributed by atoms with Crippen LogP contribution in [0.15, 0.2) is 54.6 Å². The number of carbonyl (C=O) groups excluding carboxylic acids is 1. The quantitative estimate of drug-likeness (QED) is 0.834. The summed E-state index contributed by atoms with van der Waals surface area (Å²) >= 11 is 0. The third-order valence-electron chi connectivity index (χ3n) is 3.70. The van der Waals surface area contributed by atoms with Crippen molar-refractivity contribution in [1.29, 1.82) is 0 Å². The third-order valence-corrected chi connectivity index (χ3v) is 3.70. The van der Waals surface area contributed by atoms with Crippen molar-refractivity contribution in [3.05, 3.63) is 60.2 Å². The molecular formula is C17H18N2O. The first-order chi connectivity index (χ1) is 9.75. The first kappa shape index (κ1) is 12.7. The molecule has 0 unspecified atom stereocenters. The summed E-state index contributed by atoms with van der Waals surface area (Å²) in [4.78, 5) is 15.9. The molecule has 2 aromatic rings. The van der Waals surface area contributed by atoms with Crippen molar-refractivity contribution < 1.29 is 4.79 Å². The molecule has 3 nitrogen and oxygen atoms in total. The van der Waals surface area contributed by atoms with Gasteiger partial charge in [0.1, 0.15) is 0 Å². The lowest BCUT2D eigenvalue weighted by molar-refractivity contribution is -0.116. The Balaban J connectivity index is 1.91. The molecule has 0 saturated heterocycles. The van der Waals surface area contributed by atoms with Crippen LogP contribution in [0.2, 0.25) is 0 Å². The average molecular weight is 266 g/mol. The normalized spacial score (nSPS) is 14.1. The molecule has 0 aliphatic carbocycles. The first-order valence-corrected chi connectivity index (χ1v) is 6.92. The van der Waals surface area contributed by atoms with Gasteiger partial charge in [0.2, 0.25) is 5.91 Å². The molecule has 3 heteroatoms. The van der Waals surface area contributed by atoms with Crippen LogP contribution in [0.25, 0.3) is 0 Å². The van der Waals surface area contributed by atoms with Gasteiger partial charge in [-0.1, -0.05) is 42.5 Å². The fourth-order valence-electron chi connectivity index (χ4n) is 2.72. The minimum Gasteiger partial charge on any atom is -0.364 e. The van der Waals surface area contributed by atoms with Crippen molar-refractivity contribution in [3.63, 3.8) is 0 Å². The van der Waals surface area contributed by atoms with Crippen LogP contribution in [0, 0.1) is 0 Å². The molecule has 0 atom stereocenters. The van der Waals surface area contributed by atoms with Crippen LogP contribution in [0.3, 0.4) is 0 Å². The van der Waals surface area contributed by atoms with Crippen LogP contribution < -0.4 is 9.80 Å². The number of amides is 1. The fraction of sp³-hybridized carbons (Fsp3) is 0.235. The van der Waals surface area contributed by atoms with E-state index in [0.29, 0.717) is 0 Å². The lowest BCUT2D eigenvalue weighted by Gasteiger charge is -2.37. The molecule has 0 radical (unpaired) electrons.